The molecule has 1 aromatic heterocycles. The van der Waals surface area contributed by atoms with Crippen molar-refractivity contribution >= 4 is 5.97 Å². The van der Waals surface area contributed by atoms with Gasteiger partial charge >= 0.3 is 5.97 Å². The summed E-state index contributed by atoms with van der Waals surface area (Å²) in [5.74, 6) is -0.431. The van der Waals surface area contributed by atoms with E-state index in [1.54, 1.807) is 18.5 Å². The largest absolute Gasteiger partial charge is 0.469 e. The number of ether oxygens (including phenoxy) is 1. The summed E-state index contributed by atoms with van der Waals surface area (Å²) in [4.78, 5) is 14.8. The standard InChI is InChI=1S/C10H13NO3/c1-7-3-8(6-11-5-7)9(12)4-10(13)14-2/h3,5-6,9,12H,4H2,1-2H3/t9-/m1/s1. The fraction of sp³-hybridized carbons (Fsp3) is 0.400. The van der Waals surface area contributed by atoms with Crippen LogP contribution in [-0.2, 0) is 9.53 Å². The van der Waals surface area contributed by atoms with Crippen LogP contribution in [0, 0.1) is 6.92 Å². The number of hydrogen-bond acceptors (Lipinski definition) is 4. The Kier molecular flexibility index (Phi) is 3.59. The van der Waals surface area contributed by atoms with E-state index < -0.39 is 12.1 Å². The van der Waals surface area contributed by atoms with Crippen LogP contribution in [0.1, 0.15) is 23.7 Å². The van der Waals surface area contributed by atoms with E-state index in [4.69, 9.17) is 0 Å². The molecule has 4 heteroatoms. The molecule has 1 rings (SSSR count). The van der Waals surface area contributed by atoms with E-state index >= 15 is 0 Å². The van der Waals surface area contributed by atoms with E-state index in [2.05, 4.69) is 9.72 Å². The SMILES string of the molecule is COC(=O)C[C@@H](O)c1cncc(C)c1. The average Bonchev–Trinajstić information content (AvgIpc) is 2.17. The number of carbonyl (C=O) groups is 1. The molecule has 1 atom stereocenters. The van der Waals surface area contributed by atoms with Gasteiger partial charge in [-0.05, 0) is 18.1 Å². The highest BCUT2D eigenvalue weighted by Gasteiger charge is 2.13. The summed E-state index contributed by atoms with van der Waals surface area (Å²) >= 11 is 0. The molecule has 0 saturated heterocycles. The molecule has 0 aliphatic rings. The summed E-state index contributed by atoms with van der Waals surface area (Å²) in [5.41, 5.74) is 1.59. The van der Waals surface area contributed by atoms with Crippen molar-refractivity contribution in [1.82, 2.24) is 4.98 Å². The molecule has 0 unspecified atom stereocenters. The zero-order valence-electron chi connectivity index (χ0n) is 8.23. The first-order valence-electron chi connectivity index (χ1n) is 4.30. The number of aliphatic hydroxyl groups is 1. The zero-order valence-corrected chi connectivity index (χ0v) is 8.23. The van der Waals surface area contributed by atoms with Crippen molar-refractivity contribution in [2.75, 3.05) is 7.11 Å². The number of pyridine rings is 1. The maximum atomic E-state index is 10.9. The third-order valence-electron chi connectivity index (χ3n) is 1.87. The summed E-state index contributed by atoms with van der Waals surface area (Å²) in [6.45, 7) is 1.88. The molecule has 0 saturated carbocycles. The monoisotopic (exact) mass is 195 g/mol. The Bertz CT molecular complexity index is 325. The Hall–Kier alpha value is -1.42. The summed E-state index contributed by atoms with van der Waals surface area (Å²) in [7, 11) is 1.30. The van der Waals surface area contributed by atoms with Crippen molar-refractivity contribution in [3.63, 3.8) is 0 Å². The lowest BCUT2D eigenvalue weighted by molar-refractivity contribution is -0.142. The maximum Gasteiger partial charge on any atom is 0.308 e. The van der Waals surface area contributed by atoms with Crippen molar-refractivity contribution in [3.8, 4) is 0 Å². The highest BCUT2D eigenvalue weighted by atomic mass is 16.5. The number of methoxy groups -OCH3 is 1. The first-order valence-corrected chi connectivity index (χ1v) is 4.30. The highest BCUT2D eigenvalue weighted by molar-refractivity contribution is 5.70. The molecule has 1 aromatic rings. The van der Waals surface area contributed by atoms with Gasteiger partial charge in [0.15, 0.2) is 0 Å². The fourth-order valence-electron chi connectivity index (χ4n) is 1.12. The van der Waals surface area contributed by atoms with Crippen LogP contribution in [0.4, 0.5) is 0 Å². The van der Waals surface area contributed by atoms with Gasteiger partial charge in [0.1, 0.15) is 0 Å². The lowest BCUT2D eigenvalue weighted by atomic mass is 10.1. The number of esters is 1. The predicted molar refractivity (Wildman–Crippen MR) is 50.6 cm³/mol. The van der Waals surface area contributed by atoms with Gasteiger partial charge in [0, 0.05) is 12.4 Å². The normalized spacial score (nSPS) is 12.2. The van der Waals surface area contributed by atoms with Crippen molar-refractivity contribution in [3.05, 3.63) is 29.6 Å². The molecule has 14 heavy (non-hydrogen) atoms. The molecule has 0 bridgehead atoms. The summed E-state index contributed by atoms with van der Waals surface area (Å²) in [6.07, 6.45) is 2.35. The first-order chi connectivity index (χ1) is 6.63. The Labute approximate surface area is 82.5 Å². The number of aromatic nitrogens is 1. The van der Waals surface area contributed by atoms with E-state index in [0.29, 0.717) is 5.56 Å². The first kappa shape index (κ1) is 10.7. The molecule has 0 aromatic carbocycles. The second kappa shape index (κ2) is 4.72. The molecule has 0 radical (unpaired) electrons. The molecule has 0 fully saturated rings. The van der Waals surface area contributed by atoms with Gasteiger partial charge in [0.2, 0.25) is 0 Å². The van der Waals surface area contributed by atoms with Crippen LogP contribution >= 0.6 is 0 Å². The molecular formula is C10H13NO3. The van der Waals surface area contributed by atoms with Crippen LogP contribution in [0.3, 0.4) is 0 Å². The fourth-order valence-corrected chi connectivity index (χ4v) is 1.12. The molecule has 1 N–H and O–H groups in total. The van der Waals surface area contributed by atoms with Crippen LogP contribution in [0.25, 0.3) is 0 Å². The van der Waals surface area contributed by atoms with Crippen LogP contribution in [-0.4, -0.2) is 23.2 Å². The second-order valence-corrected chi connectivity index (χ2v) is 3.09. The molecule has 0 aliphatic heterocycles. The third-order valence-corrected chi connectivity index (χ3v) is 1.87. The van der Waals surface area contributed by atoms with E-state index in [0.717, 1.165) is 5.56 Å². The summed E-state index contributed by atoms with van der Waals surface area (Å²) in [6, 6.07) is 1.79. The Balaban J connectivity index is 2.69. The van der Waals surface area contributed by atoms with Gasteiger partial charge in [-0.15, -0.1) is 0 Å². The van der Waals surface area contributed by atoms with E-state index in [9.17, 15) is 9.90 Å². The van der Waals surface area contributed by atoms with Gasteiger partial charge < -0.3 is 9.84 Å². The van der Waals surface area contributed by atoms with Gasteiger partial charge in [-0.25, -0.2) is 0 Å². The van der Waals surface area contributed by atoms with Crippen LogP contribution in [0.5, 0.6) is 0 Å². The number of aliphatic hydroxyl groups excluding tert-OH is 1. The summed E-state index contributed by atoms with van der Waals surface area (Å²) in [5, 5.41) is 9.61. The van der Waals surface area contributed by atoms with Crippen molar-refractivity contribution in [2.24, 2.45) is 0 Å². The lowest BCUT2D eigenvalue weighted by Crippen LogP contribution is -2.08. The van der Waals surface area contributed by atoms with Crippen molar-refractivity contribution in [1.29, 1.82) is 0 Å². The molecule has 0 amide bonds. The molecule has 4 nitrogen and oxygen atoms in total. The van der Waals surface area contributed by atoms with E-state index in [-0.39, 0.29) is 6.42 Å². The van der Waals surface area contributed by atoms with E-state index in [1.165, 1.54) is 7.11 Å². The number of hydrogen-bond donors (Lipinski definition) is 1. The lowest BCUT2D eigenvalue weighted by Gasteiger charge is -2.09. The topological polar surface area (TPSA) is 59.4 Å². The van der Waals surface area contributed by atoms with Crippen molar-refractivity contribution in [2.45, 2.75) is 19.4 Å². The second-order valence-electron chi connectivity index (χ2n) is 3.09. The Morgan fingerprint density at radius 2 is 2.36 bits per heavy atom. The van der Waals surface area contributed by atoms with Gasteiger partial charge in [0.25, 0.3) is 0 Å². The maximum absolute atomic E-state index is 10.9. The third kappa shape index (κ3) is 2.81. The number of rotatable bonds is 3. The van der Waals surface area contributed by atoms with Gasteiger partial charge in [-0.1, -0.05) is 6.07 Å². The summed E-state index contributed by atoms with van der Waals surface area (Å²) < 4.78 is 4.45. The smallest absolute Gasteiger partial charge is 0.308 e. The van der Waals surface area contributed by atoms with Crippen LogP contribution < -0.4 is 0 Å². The average molecular weight is 195 g/mol. The van der Waals surface area contributed by atoms with Crippen LogP contribution in [0.2, 0.25) is 0 Å². The van der Waals surface area contributed by atoms with Gasteiger partial charge in [-0.3, -0.25) is 9.78 Å². The quantitative estimate of drug-likeness (QED) is 0.730. The molecule has 0 aliphatic carbocycles. The number of nitrogens with zero attached hydrogens (tertiary/aromatic N) is 1. The highest BCUT2D eigenvalue weighted by Crippen LogP contribution is 2.16. The Morgan fingerprint density at radius 1 is 1.64 bits per heavy atom. The molecule has 76 valence electrons. The zero-order chi connectivity index (χ0) is 10.6. The predicted octanol–water partition coefficient (Wildman–Crippen LogP) is 0.987. The van der Waals surface area contributed by atoms with Crippen molar-refractivity contribution < 1.29 is 14.6 Å². The molecular weight excluding hydrogens is 182 g/mol. The van der Waals surface area contributed by atoms with Crippen LogP contribution in [0.15, 0.2) is 18.5 Å². The minimum Gasteiger partial charge on any atom is -0.469 e. The Morgan fingerprint density at radius 3 is 2.93 bits per heavy atom. The number of aryl methyl sites for hydroxylation is 1. The van der Waals surface area contributed by atoms with E-state index in [1.807, 2.05) is 6.92 Å². The molecule has 1 heterocycles. The molecule has 0 spiro atoms. The van der Waals surface area contributed by atoms with Gasteiger partial charge in [0.05, 0.1) is 19.6 Å². The minimum atomic E-state index is -0.838. The number of carbonyl (C=O) groups excluding carboxylic acids is 1. The minimum absolute atomic E-state index is 0.0400. The van der Waals surface area contributed by atoms with Gasteiger partial charge in [-0.2, -0.15) is 0 Å².